The Labute approximate surface area is 163 Å². The van der Waals surface area contributed by atoms with E-state index in [1.165, 1.54) is 13.0 Å². The number of amides is 1. The van der Waals surface area contributed by atoms with E-state index in [1.807, 2.05) is 29.2 Å². The molecule has 2 atom stereocenters. The molecular weight excluding hydrogens is 346 g/mol. The van der Waals surface area contributed by atoms with Gasteiger partial charge < -0.3 is 4.90 Å². The summed E-state index contributed by atoms with van der Waals surface area (Å²) >= 11 is 5.97. The van der Waals surface area contributed by atoms with Crippen LogP contribution in [0.2, 0.25) is 5.02 Å². The zero-order valence-electron chi connectivity index (χ0n) is 16.2. The van der Waals surface area contributed by atoms with Gasteiger partial charge in [-0.05, 0) is 50.0 Å². The van der Waals surface area contributed by atoms with Gasteiger partial charge in [-0.3, -0.25) is 14.6 Å². The van der Waals surface area contributed by atoms with Crippen molar-refractivity contribution in [2.45, 2.75) is 58.2 Å². The number of rotatable bonds is 6. The normalized spacial score (nSPS) is 25.1. The molecule has 1 aromatic carbocycles. The lowest BCUT2D eigenvalue weighted by Crippen LogP contribution is -2.40. The number of nitrogens with zero attached hydrogens (tertiary/aromatic N) is 3. The van der Waals surface area contributed by atoms with E-state index in [1.54, 1.807) is 0 Å². The van der Waals surface area contributed by atoms with Crippen LogP contribution in [0, 0.1) is 0 Å². The van der Waals surface area contributed by atoms with Gasteiger partial charge in [0, 0.05) is 49.7 Å². The van der Waals surface area contributed by atoms with Crippen LogP contribution >= 0.6 is 11.6 Å². The van der Waals surface area contributed by atoms with E-state index in [0.717, 1.165) is 49.6 Å². The van der Waals surface area contributed by atoms with Crippen molar-refractivity contribution in [3.63, 3.8) is 0 Å². The summed E-state index contributed by atoms with van der Waals surface area (Å²) in [5.74, 6) is 0.293. The predicted molar refractivity (Wildman–Crippen MR) is 107 cm³/mol. The van der Waals surface area contributed by atoms with Gasteiger partial charge in [-0.15, -0.1) is 0 Å². The molecule has 5 heteroatoms. The summed E-state index contributed by atoms with van der Waals surface area (Å²) in [5.41, 5.74) is 1.16. The largest absolute Gasteiger partial charge is 0.338 e. The highest BCUT2D eigenvalue weighted by molar-refractivity contribution is 6.30. The molecule has 2 aliphatic rings. The molecule has 1 amide bonds. The first-order valence-corrected chi connectivity index (χ1v) is 10.5. The topological polar surface area (TPSA) is 26.8 Å². The van der Waals surface area contributed by atoms with Gasteiger partial charge in [-0.25, -0.2) is 0 Å². The van der Waals surface area contributed by atoms with Gasteiger partial charge in [-0.2, -0.15) is 0 Å². The molecule has 2 aliphatic heterocycles. The minimum absolute atomic E-state index is 0.293. The lowest BCUT2D eigenvalue weighted by atomic mass is 10.1. The Kier molecular flexibility index (Phi) is 6.96. The summed E-state index contributed by atoms with van der Waals surface area (Å²) in [6, 6.07) is 9.09. The first kappa shape index (κ1) is 19.7. The summed E-state index contributed by atoms with van der Waals surface area (Å²) in [5, 5.41) is 0.743. The molecule has 0 spiro atoms. The molecule has 26 heavy (non-hydrogen) atoms. The van der Waals surface area contributed by atoms with Crippen molar-refractivity contribution < 1.29 is 4.79 Å². The molecule has 2 heterocycles. The highest BCUT2D eigenvalue weighted by atomic mass is 35.5. The number of halogens is 1. The number of hydrogen-bond donors (Lipinski definition) is 0. The average Bonchev–Trinajstić information content (AvgIpc) is 3.05. The maximum Gasteiger partial charge on any atom is 0.222 e. The number of carbonyl (C=O) groups excluding carboxylic acids is 1. The maximum absolute atomic E-state index is 12.6. The van der Waals surface area contributed by atoms with Crippen molar-refractivity contribution >= 4 is 17.5 Å². The van der Waals surface area contributed by atoms with Gasteiger partial charge in [0.15, 0.2) is 0 Å². The van der Waals surface area contributed by atoms with Crippen LogP contribution in [0.15, 0.2) is 24.3 Å². The number of likely N-dealkylation sites (tertiary alicyclic amines) is 2. The third-order valence-corrected chi connectivity index (χ3v) is 6.35. The number of carbonyl (C=O) groups is 1. The Morgan fingerprint density at radius 2 is 1.81 bits per heavy atom. The molecule has 2 unspecified atom stereocenters. The van der Waals surface area contributed by atoms with Crippen molar-refractivity contribution in [2.24, 2.45) is 0 Å². The lowest BCUT2D eigenvalue weighted by molar-refractivity contribution is -0.131. The zero-order valence-corrected chi connectivity index (χ0v) is 16.9. The standard InChI is InChI=1S/C21H32ClN3O/c1-3-23(4-2)20-12-13-24(16-20)19-9-10-21(26)25(14-11-19)15-17-5-7-18(22)8-6-17/h5-8,19-20H,3-4,9-16H2,1-2H3. The van der Waals surface area contributed by atoms with E-state index in [9.17, 15) is 4.79 Å². The molecule has 2 saturated heterocycles. The van der Waals surface area contributed by atoms with Crippen molar-refractivity contribution in [3.8, 4) is 0 Å². The summed E-state index contributed by atoms with van der Waals surface area (Å²) in [6.45, 7) is 10.7. The molecule has 3 rings (SSSR count). The molecule has 144 valence electrons. The molecule has 0 bridgehead atoms. The van der Waals surface area contributed by atoms with Gasteiger partial charge in [0.05, 0.1) is 0 Å². The van der Waals surface area contributed by atoms with Crippen molar-refractivity contribution in [2.75, 3.05) is 32.7 Å². The molecule has 0 aliphatic carbocycles. The quantitative estimate of drug-likeness (QED) is 0.757. The van der Waals surface area contributed by atoms with Gasteiger partial charge in [0.2, 0.25) is 5.91 Å². The SMILES string of the molecule is CCN(CC)C1CCN(C2CCC(=O)N(Cc3ccc(Cl)cc3)CC2)C1. The Morgan fingerprint density at radius 1 is 1.08 bits per heavy atom. The zero-order chi connectivity index (χ0) is 18.5. The molecule has 2 fully saturated rings. The second-order valence-corrected chi connectivity index (χ2v) is 8.02. The van der Waals surface area contributed by atoms with Gasteiger partial charge in [-0.1, -0.05) is 37.6 Å². The van der Waals surface area contributed by atoms with E-state index in [2.05, 4.69) is 23.6 Å². The molecule has 0 radical (unpaired) electrons. The molecule has 0 saturated carbocycles. The summed E-state index contributed by atoms with van der Waals surface area (Å²) in [7, 11) is 0. The molecule has 0 aromatic heterocycles. The highest BCUT2D eigenvalue weighted by Crippen LogP contribution is 2.25. The fraction of sp³-hybridized carbons (Fsp3) is 0.667. The van der Waals surface area contributed by atoms with E-state index in [4.69, 9.17) is 11.6 Å². The van der Waals surface area contributed by atoms with Crippen LogP contribution in [-0.4, -0.2) is 65.4 Å². The summed E-state index contributed by atoms with van der Waals surface area (Å²) in [6.07, 6.45) is 4.02. The fourth-order valence-corrected chi connectivity index (χ4v) is 4.63. The van der Waals surface area contributed by atoms with Crippen molar-refractivity contribution in [1.82, 2.24) is 14.7 Å². The van der Waals surface area contributed by atoms with Gasteiger partial charge in [0.1, 0.15) is 0 Å². The highest BCUT2D eigenvalue weighted by Gasteiger charge is 2.32. The van der Waals surface area contributed by atoms with E-state index in [0.29, 0.717) is 31.0 Å². The van der Waals surface area contributed by atoms with Crippen LogP contribution in [0.1, 0.15) is 45.1 Å². The monoisotopic (exact) mass is 377 g/mol. The molecule has 1 aromatic rings. The molecule has 4 nitrogen and oxygen atoms in total. The van der Waals surface area contributed by atoms with Crippen LogP contribution in [0.5, 0.6) is 0 Å². The third kappa shape index (κ3) is 4.79. The minimum Gasteiger partial charge on any atom is -0.338 e. The van der Waals surface area contributed by atoms with Crippen LogP contribution < -0.4 is 0 Å². The fourth-order valence-electron chi connectivity index (χ4n) is 4.50. The van der Waals surface area contributed by atoms with Gasteiger partial charge >= 0.3 is 0 Å². The Hall–Kier alpha value is -1.10. The third-order valence-electron chi connectivity index (χ3n) is 6.10. The van der Waals surface area contributed by atoms with Crippen LogP contribution in [0.4, 0.5) is 0 Å². The van der Waals surface area contributed by atoms with Crippen LogP contribution in [-0.2, 0) is 11.3 Å². The maximum atomic E-state index is 12.6. The number of hydrogen-bond acceptors (Lipinski definition) is 3. The van der Waals surface area contributed by atoms with Crippen LogP contribution in [0.3, 0.4) is 0 Å². The lowest BCUT2D eigenvalue weighted by Gasteiger charge is -2.29. The Balaban J connectivity index is 1.55. The number of benzene rings is 1. The Morgan fingerprint density at radius 3 is 2.50 bits per heavy atom. The Bertz CT molecular complexity index is 587. The van der Waals surface area contributed by atoms with Crippen LogP contribution in [0.25, 0.3) is 0 Å². The second-order valence-electron chi connectivity index (χ2n) is 7.58. The summed E-state index contributed by atoms with van der Waals surface area (Å²) < 4.78 is 0. The molecule has 0 N–H and O–H groups in total. The van der Waals surface area contributed by atoms with Gasteiger partial charge in [0.25, 0.3) is 0 Å². The summed E-state index contributed by atoms with van der Waals surface area (Å²) in [4.78, 5) is 19.8. The van der Waals surface area contributed by atoms with E-state index in [-0.39, 0.29) is 0 Å². The van der Waals surface area contributed by atoms with Crippen molar-refractivity contribution in [3.05, 3.63) is 34.9 Å². The predicted octanol–water partition coefficient (Wildman–Crippen LogP) is 3.64. The second kappa shape index (κ2) is 9.20. The molecular formula is C21H32ClN3O. The number of likely N-dealkylation sites (N-methyl/N-ethyl adjacent to an activating group) is 1. The average molecular weight is 378 g/mol. The minimum atomic E-state index is 0.293. The first-order valence-electron chi connectivity index (χ1n) is 10.1. The smallest absolute Gasteiger partial charge is 0.222 e. The van der Waals surface area contributed by atoms with Crippen molar-refractivity contribution in [1.29, 1.82) is 0 Å². The van der Waals surface area contributed by atoms with E-state index < -0.39 is 0 Å². The first-order chi connectivity index (χ1) is 12.6. The van der Waals surface area contributed by atoms with E-state index >= 15 is 0 Å².